The Morgan fingerprint density at radius 1 is 1.53 bits per heavy atom. The molecule has 0 aliphatic carbocycles. The average molecular weight is 280 g/mol. The molecule has 1 amide bonds. The first-order chi connectivity index (χ1) is 9.08. The molecule has 100 valence electrons. The second-order valence-electron chi connectivity index (χ2n) is 4.05. The number of imidazole rings is 1. The zero-order chi connectivity index (χ0) is 13.8. The van der Waals surface area contributed by atoms with Gasteiger partial charge in [-0.1, -0.05) is 11.6 Å². The van der Waals surface area contributed by atoms with E-state index in [0.29, 0.717) is 24.2 Å². The maximum absolute atomic E-state index is 11.9. The van der Waals surface area contributed by atoms with Crippen molar-refractivity contribution in [2.75, 3.05) is 12.3 Å². The molecule has 0 aliphatic rings. The molecule has 2 aromatic heterocycles. The molecule has 2 heterocycles. The number of pyridine rings is 1. The van der Waals surface area contributed by atoms with Crippen molar-refractivity contribution in [3.05, 3.63) is 41.2 Å². The minimum Gasteiger partial charge on any atom is -0.397 e. The molecule has 0 unspecified atom stereocenters. The Morgan fingerprint density at radius 3 is 3.00 bits per heavy atom. The Hall–Kier alpha value is -2.08. The van der Waals surface area contributed by atoms with Crippen LogP contribution in [0.3, 0.4) is 0 Å². The van der Waals surface area contributed by atoms with Crippen molar-refractivity contribution in [1.82, 2.24) is 19.9 Å². The molecule has 0 aliphatic heterocycles. The summed E-state index contributed by atoms with van der Waals surface area (Å²) < 4.78 is 1.91. The van der Waals surface area contributed by atoms with Crippen LogP contribution < -0.4 is 11.1 Å². The summed E-state index contributed by atoms with van der Waals surface area (Å²) in [5.41, 5.74) is 6.32. The fraction of sp³-hybridized carbons (Fsp3) is 0.250. The highest BCUT2D eigenvalue weighted by Gasteiger charge is 2.10. The molecule has 0 aromatic carbocycles. The van der Waals surface area contributed by atoms with Gasteiger partial charge >= 0.3 is 0 Å². The minimum absolute atomic E-state index is 0.239. The van der Waals surface area contributed by atoms with Crippen LogP contribution in [0, 0.1) is 0 Å². The van der Waals surface area contributed by atoms with Gasteiger partial charge in [0.25, 0.3) is 5.91 Å². The zero-order valence-corrected chi connectivity index (χ0v) is 11.2. The lowest BCUT2D eigenvalue weighted by Gasteiger charge is -2.07. The number of hydrogen-bond acceptors (Lipinski definition) is 4. The number of nitrogens with two attached hydrogens (primary N) is 1. The number of halogens is 1. The van der Waals surface area contributed by atoms with Gasteiger partial charge in [-0.15, -0.1) is 0 Å². The van der Waals surface area contributed by atoms with Crippen LogP contribution in [0.25, 0.3) is 0 Å². The largest absolute Gasteiger partial charge is 0.397 e. The van der Waals surface area contributed by atoms with Crippen molar-refractivity contribution in [2.45, 2.75) is 6.42 Å². The SMILES string of the molecule is Cn1ccnc1CCNC(=O)c1cc(Cl)ncc1N. The third-order valence-corrected chi connectivity index (χ3v) is 2.91. The first-order valence-corrected chi connectivity index (χ1v) is 6.11. The second-order valence-corrected chi connectivity index (χ2v) is 4.44. The summed E-state index contributed by atoms with van der Waals surface area (Å²) in [5.74, 6) is 0.636. The number of aromatic nitrogens is 3. The van der Waals surface area contributed by atoms with Crippen LogP contribution in [0.5, 0.6) is 0 Å². The van der Waals surface area contributed by atoms with Gasteiger partial charge in [-0.3, -0.25) is 4.79 Å². The highest BCUT2D eigenvalue weighted by atomic mass is 35.5. The summed E-state index contributed by atoms with van der Waals surface area (Å²) in [7, 11) is 1.91. The van der Waals surface area contributed by atoms with E-state index in [2.05, 4.69) is 15.3 Å². The summed E-state index contributed by atoms with van der Waals surface area (Å²) in [4.78, 5) is 19.9. The van der Waals surface area contributed by atoms with Gasteiger partial charge in [-0.2, -0.15) is 0 Å². The van der Waals surface area contributed by atoms with E-state index in [9.17, 15) is 4.79 Å². The standard InChI is InChI=1S/C12H14ClN5O/c1-18-5-4-15-11(18)2-3-16-12(19)8-6-10(13)17-7-9(8)14/h4-7H,2-3,14H2,1H3,(H,16,19). The van der Waals surface area contributed by atoms with Gasteiger partial charge in [-0.05, 0) is 6.07 Å². The molecule has 6 nitrogen and oxygen atoms in total. The molecule has 0 saturated heterocycles. The van der Waals surface area contributed by atoms with Crippen LogP contribution in [-0.4, -0.2) is 27.0 Å². The first kappa shape index (κ1) is 13.4. The predicted molar refractivity (Wildman–Crippen MR) is 72.9 cm³/mol. The van der Waals surface area contributed by atoms with Crippen LogP contribution in [0.1, 0.15) is 16.2 Å². The Balaban J connectivity index is 1.94. The summed E-state index contributed by atoms with van der Waals surface area (Å²) in [6.45, 7) is 0.475. The molecule has 0 spiro atoms. The molecule has 0 radical (unpaired) electrons. The van der Waals surface area contributed by atoms with E-state index in [1.807, 2.05) is 17.8 Å². The van der Waals surface area contributed by atoms with Crippen molar-refractivity contribution in [2.24, 2.45) is 7.05 Å². The van der Waals surface area contributed by atoms with Gasteiger partial charge in [0.1, 0.15) is 11.0 Å². The first-order valence-electron chi connectivity index (χ1n) is 5.73. The number of hydrogen-bond donors (Lipinski definition) is 2. The lowest BCUT2D eigenvalue weighted by Crippen LogP contribution is -2.27. The molecule has 0 fully saturated rings. The highest BCUT2D eigenvalue weighted by Crippen LogP contribution is 2.14. The quantitative estimate of drug-likeness (QED) is 0.818. The summed E-state index contributed by atoms with van der Waals surface area (Å²) in [6.07, 6.45) is 5.60. The zero-order valence-electron chi connectivity index (χ0n) is 10.4. The van der Waals surface area contributed by atoms with Gasteiger partial charge < -0.3 is 15.6 Å². The Bertz CT molecular complexity index is 596. The van der Waals surface area contributed by atoms with Gasteiger partial charge in [0.2, 0.25) is 0 Å². The van der Waals surface area contributed by atoms with E-state index in [4.69, 9.17) is 17.3 Å². The lowest BCUT2D eigenvalue weighted by atomic mass is 10.2. The number of nitrogen functional groups attached to an aromatic ring is 1. The molecular formula is C12H14ClN5O. The number of carbonyl (C=O) groups is 1. The summed E-state index contributed by atoms with van der Waals surface area (Å²) in [5, 5.41) is 3.01. The molecule has 19 heavy (non-hydrogen) atoms. The monoisotopic (exact) mass is 279 g/mol. The maximum atomic E-state index is 11.9. The number of carbonyl (C=O) groups excluding carboxylic acids is 1. The Labute approximate surface area is 115 Å². The van der Waals surface area contributed by atoms with Gasteiger partial charge in [0, 0.05) is 32.4 Å². The third kappa shape index (κ3) is 3.23. The molecule has 2 aromatic rings. The minimum atomic E-state index is -0.268. The number of anilines is 1. The van der Waals surface area contributed by atoms with Gasteiger partial charge in [0.15, 0.2) is 0 Å². The van der Waals surface area contributed by atoms with Gasteiger partial charge in [-0.25, -0.2) is 9.97 Å². The lowest BCUT2D eigenvalue weighted by molar-refractivity contribution is 0.0954. The van der Waals surface area contributed by atoms with Crippen molar-refractivity contribution >= 4 is 23.2 Å². The van der Waals surface area contributed by atoms with E-state index in [0.717, 1.165) is 5.82 Å². The smallest absolute Gasteiger partial charge is 0.253 e. The Morgan fingerprint density at radius 2 is 2.32 bits per heavy atom. The normalized spacial score (nSPS) is 10.4. The van der Waals surface area contributed by atoms with Crippen molar-refractivity contribution in [3.63, 3.8) is 0 Å². The van der Waals surface area contributed by atoms with E-state index < -0.39 is 0 Å². The molecule has 7 heteroatoms. The fourth-order valence-corrected chi connectivity index (χ4v) is 1.82. The number of rotatable bonds is 4. The molecule has 0 saturated carbocycles. The number of aryl methyl sites for hydroxylation is 1. The number of nitrogens with zero attached hydrogens (tertiary/aromatic N) is 3. The second kappa shape index (κ2) is 5.71. The van der Waals surface area contributed by atoms with E-state index in [1.165, 1.54) is 12.3 Å². The third-order valence-electron chi connectivity index (χ3n) is 2.70. The molecular weight excluding hydrogens is 266 g/mol. The van der Waals surface area contributed by atoms with E-state index in [-0.39, 0.29) is 11.1 Å². The highest BCUT2D eigenvalue weighted by molar-refractivity contribution is 6.29. The maximum Gasteiger partial charge on any atom is 0.253 e. The topological polar surface area (TPSA) is 85.8 Å². The van der Waals surface area contributed by atoms with Crippen LogP contribution >= 0.6 is 11.6 Å². The number of nitrogens with one attached hydrogen (secondary N) is 1. The summed E-state index contributed by atoms with van der Waals surface area (Å²) >= 11 is 5.74. The van der Waals surface area contributed by atoms with Crippen molar-refractivity contribution < 1.29 is 4.79 Å². The van der Waals surface area contributed by atoms with Crippen LogP contribution in [-0.2, 0) is 13.5 Å². The van der Waals surface area contributed by atoms with Crippen LogP contribution in [0.2, 0.25) is 5.15 Å². The van der Waals surface area contributed by atoms with E-state index >= 15 is 0 Å². The van der Waals surface area contributed by atoms with Crippen LogP contribution in [0.4, 0.5) is 5.69 Å². The molecule has 2 rings (SSSR count). The fourth-order valence-electron chi connectivity index (χ4n) is 1.66. The average Bonchev–Trinajstić information content (AvgIpc) is 2.78. The van der Waals surface area contributed by atoms with Crippen LogP contribution in [0.15, 0.2) is 24.7 Å². The van der Waals surface area contributed by atoms with Crippen molar-refractivity contribution in [3.8, 4) is 0 Å². The van der Waals surface area contributed by atoms with E-state index in [1.54, 1.807) is 6.20 Å². The number of amides is 1. The Kier molecular flexibility index (Phi) is 4.01. The molecule has 0 bridgehead atoms. The van der Waals surface area contributed by atoms with Gasteiger partial charge in [0.05, 0.1) is 17.4 Å². The summed E-state index contributed by atoms with van der Waals surface area (Å²) in [6, 6.07) is 1.45. The molecule has 0 atom stereocenters. The van der Waals surface area contributed by atoms with Crippen molar-refractivity contribution in [1.29, 1.82) is 0 Å². The molecule has 3 N–H and O–H groups in total. The predicted octanol–water partition coefficient (Wildman–Crippen LogP) is 1.02.